The Labute approximate surface area is 137 Å². The number of phenolic OH excluding ortho intramolecular Hbond substituents is 1. The van der Waals surface area contributed by atoms with E-state index in [4.69, 9.17) is 23.2 Å². The molecule has 0 saturated carbocycles. The summed E-state index contributed by atoms with van der Waals surface area (Å²) in [5.74, 6) is 1.12. The zero-order chi connectivity index (χ0) is 14.6. The third-order valence-electron chi connectivity index (χ3n) is 3.44. The van der Waals surface area contributed by atoms with E-state index in [1.807, 2.05) is 30.3 Å². The topological polar surface area (TPSA) is 20.2 Å². The van der Waals surface area contributed by atoms with Crippen LogP contribution in [0.25, 0.3) is 0 Å². The first-order chi connectivity index (χ1) is 9.61. The summed E-state index contributed by atoms with van der Waals surface area (Å²) in [6.07, 6.45) is 0.725. The molecule has 0 aliphatic carbocycles. The zero-order valence-corrected chi connectivity index (χ0v) is 13.9. The van der Waals surface area contributed by atoms with Gasteiger partial charge in [0.05, 0.1) is 0 Å². The number of alkyl halides is 2. The fraction of sp³-hybridized carbons (Fsp3) is 0.250. The maximum Gasteiger partial charge on any atom is 0.115 e. The van der Waals surface area contributed by atoms with Crippen molar-refractivity contribution < 1.29 is 5.11 Å². The maximum absolute atomic E-state index is 9.37. The monoisotopic (exact) mass is 372 g/mol. The van der Waals surface area contributed by atoms with Crippen LogP contribution < -0.4 is 0 Å². The van der Waals surface area contributed by atoms with E-state index in [1.54, 1.807) is 12.1 Å². The molecule has 0 aliphatic rings. The molecule has 0 aromatic heterocycles. The highest BCUT2D eigenvalue weighted by atomic mass is 79.9. The summed E-state index contributed by atoms with van der Waals surface area (Å²) >= 11 is 16.1. The Bertz CT molecular complexity index is 565. The Balaban J connectivity index is 2.39. The van der Waals surface area contributed by atoms with Crippen LogP contribution in [-0.4, -0.2) is 16.9 Å². The number of hydrogen-bond donors (Lipinski definition) is 1. The van der Waals surface area contributed by atoms with Crippen LogP contribution in [0.4, 0.5) is 0 Å². The molecule has 2 aromatic rings. The van der Waals surface area contributed by atoms with Gasteiger partial charge in [-0.25, -0.2) is 0 Å². The molecule has 0 saturated heterocycles. The summed E-state index contributed by atoms with van der Waals surface area (Å²) in [5, 5.41) is 9.37. The highest BCUT2D eigenvalue weighted by molar-refractivity contribution is 9.10. The van der Waals surface area contributed by atoms with Crippen molar-refractivity contribution in [2.24, 2.45) is 0 Å². The molecule has 0 heterocycles. The molecule has 0 radical (unpaired) electrons. The lowest BCUT2D eigenvalue weighted by molar-refractivity contribution is 0.474. The van der Waals surface area contributed by atoms with Gasteiger partial charge in [-0.05, 0) is 35.7 Å². The van der Waals surface area contributed by atoms with E-state index >= 15 is 0 Å². The van der Waals surface area contributed by atoms with Crippen molar-refractivity contribution in [3.63, 3.8) is 0 Å². The second-order valence-electron chi connectivity index (χ2n) is 4.87. The number of aromatic hydroxyl groups is 1. The number of phenols is 1. The third kappa shape index (κ3) is 3.30. The van der Waals surface area contributed by atoms with Crippen LogP contribution in [0.3, 0.4) is 0 Å². The molecule has 0 fully saturated rings. The first-order valence-corrected chi connectivity index (χ1v) is 8.12. The van der Waals surface area contributed by atoms with E-state index in [0.29, 0.717) is 11.8 Å². The van der Waals surface area contributed by atoms with Gasteiger partial charge in [0, 0.05) is 21.6 Å². The van der Waals surface area contributed by atoms with Crippen LogP contribution >= 0.6 is 39.1 Å². The Morgan fingerprint density at radius 2 is 1.55 bits per heavy atom. The van der Waals surface area contributed by atoms with Gasteiger partial charge >= 0.3 is 0 Å². The fourth-order valence-corrected chi connectivity index (χ4v) is 3.73. The molecular formula is C16H15BrCl2O. The van der Waals surface area contributed by atoms with Crippen molar-refractivity contribution in [2.45, 2.75) is 11.8 Å². The summed E-state index contributed by atoms with van der Waals surface area (Å²) in [6.45, 7) is 0. The Hall–Kier alpha value is -0.700. The molecule has 20 heavy (non-hydrogen) atoms. The molecule has 0 aliphatic heterocycles. The van der Waals surface area contributed by atoms with Gasteiger partial charge in [0.1, 0.15) is 5.75 Å². The highest BCUT2D eigenvalue weighted by Gasteiger charge is 2.32. The number of hydrogen-bond acceptors (Lipinski definition) is 1. The van der Waals surface area contributed by atoms with E-state index in [9.17, 15) is 5.11 Å². The first-order valence-electron chi connectivity index (χ1n) is 6.26. The largest absolute Gasteiger partial charge is 0.508 e. The second-order valence-corrected chi connectivity index (χ2v) is 6.26. The van der Waals surface area contributed by atoms with Crippen LogP contribution in [0.15, 0.2) is 53.0 Å². The van der Waals surface area contributed by atoms with Gasteiger partial charge in [-0.15, -0.1) is 23.2 Å². The minimum Gasteiger partial charge on any atom is -0.508 e. The van der Waals surface area contributed by atoms with Gasteiger partial charge in [-0.1, -0.05) is 46.3 Å². The van der Waals surface area contributed by atoms with Crippen molar-refractivity contribution in [3.8, 4) is 5.75 Å². The lowest BCUT2D eigenvalue weighted by Gasteiger charge is -2.31. The van der Waals surface area contributed by atoms with Gasteiger partial charge in [-0.3, -0.25) is 0 Å². The first kappa shape index (κ1) is 15.7. The SMILES string of the molecule is Oc1ccc(CC(CCl)(CCl)c2ccccc2Br)cc1. The van der Waals surface area contributed by atoms with Crippen LogP contribution in [0, 0.1) is 0 Å². The minimum absolute atomic E-state index is 0.261. The molecule has 2 rings (SSSR count). The van der Waals surface area contributed by atoms with Crippen molar-refractivity contribution in [3.05, 3.63) is 64.1 Å². The van der Waals surface area contributed by atoms with E-state index in [0.717, 1.165) is 22.0 Å². The average molecular weight is 374 g/mol. The van der Waals surface area contributed by atoms with Gasteiger partial charge < -0.3 is 5.11 Å². The van der Waals surface area contributed by atoms with Crippen LogP contribution in [0.5, 0.6) is 5.75 Å². The molecule has 2 aromatic carbocycles. The molecule has 0 unspecified atom stereocenters. The second kappa shape index (κ2) is 6.84. The summed E-state index contributed by atoms with van der Waals surface area (Å²) in [6, 6.07) is 15.2. The molecule has 0 atom stereocenters. The summed E-state index contributed by atoms with van der Waals surface area (Å²) in [5.41, 5.74) is 1.87. The normalized spacial score (nSPS) is 11.6. The van der Waals surface area contributed by atoms with Crippen molar-refractivity contribution in [1.29, 1.82) is 0 Å². The number of halogens is 3. The molecule has 0 bridgehead atoms. The fourth-order valence-electron chi connectivity index (χ4n) is 2.27. The predicted molar refractivity (Wildman–Crippen MR) is 89.1 cm³/mol. The van der Waals surface area contributed by atoms with Gasteiger partial charge in [0.2, 0.25) is 0 Å². The van der Waals surface area contributed by atoms with Crippen molar-refractivity contribution >= 4 is 39.1 Å². The molecule has 4 heteroatoms. The smallest absolute Gasteiger partial charge is 0.115 e. The lowest BCUT2D eigenvalue weighted by Crippen LogP contribution is -2.33. The van der Waals surface area contributed by atoms with Crippen LogP contribution in [0.2, 0.25) is 0 Å². The number of benzene rings is 2. The van der Waals surface area contributed by atoms with Gasteiger partial charge in [0.15, 0.2) is 0 Å². The third-order valence-corrected chi connectivity index (χ3v) is 5.15. The van der Waals surface area contributed by atoms with Crippen molar-refractivity contribution in [2.75, 3.05) is 11.8 Å². The van der Waals surface area contributed by atoms with E-state index in [1.165, 1.54) is 0 Å². The van der Waals surface area contributed by atoms with E-state index in [2.05, 4.69) is 22.0 Å². The zero-order valence-electron chi connectivity index (χ0n) is 10.8. The van der Waals surface area contributed by atoms with Gasteiger partial charge in [-0.2, -0.15) is 0 Å². The molecule has 1 N–H and O–H groups in total. The minimum atomic E-state index is -0.333. The Kier molecular flexibility index (Phi) is 5.36. The summed E-state index contributed by atoms with van der Waals surface area (Å²) in [7, 11) is 0. The predicted octanol–water partition coefficient (Wildman–Crippen LogP) is 5.11. The average Bonchev–Trinajstić information content (AvgIpc) is 2.48. The maximum atomic E-state index is 9.37. The molecule has 106 valence electrons. The molecule has 0 amide bonds. The Morgan fingerprint density at radius 1 is 0.950 bits per heavy atom. The highest BCUT2D eigenvalue weighted by Crippen LogP contribution is 2.36. The Morgan fingerprint density at radius 3 is 2.10 bits per heavy atom. The van der Waals surface area contributed by atoms with Crippen LogP contribution in [-0.2, 0) is 11.8 Å². The number of rotatable bonds is 5. The molecule has 1 nitrogen and oxygen atoms in total. The standard InChI is InChI=1S/C16H15BrCl2O/c17-15-4-2-1-3-14(15)16(10-18,11-19)9-12-5-7-13(20)8-6-12/h1-8,20H,9-11H2. The van der Waals surface area contributed by atoms with Crippen molar-refractivity contribution in [1.82, 2.24) is 0 Å². The quantitative estimate of drug-likeness (QED) is 0.721. The van der Waals surface area contributed by atoms with Gasteiger partial charge in [0.25, 0.3) is 0 Å². The summed E-state index contributed by atoms with van der Waals surface area (Å²) in [4.78, 5) is 0. The van der Waals surface area contributed by atoms with E-state index in [-0.39, 0.29) is 11.2 Å². The molecule has 0 spiro atoms. The van der Waals surface area contributed by atoms with Crippen LogP contribution in [0.1, 0.15) is 11.1 Å². The lowest BCUT2D eigenvalue weighted by atomic mass is 9.79. The summed E-state index contributed by atoms with van der Waals surface area (Å²) < 4.78 is 1.01. The molecular weight excluding hydrogens is 359 g/mol. The van der Waals surface area contributed by atoms with E-state index < -0.39 is 0 Å².